The van der Waals surface area contributed by atoms with Gasteiger partial charge in [0, 0.05) is 23.5 Å². The molecule has 0 aromatic heterocycles. The highest BCUT2D eigenvalue weighted by Gasteiger charge is 2.38. The van der Waals surface area contributed by atoms with Crippen molar-refractivity contribution in [1.82, 2.24) is 5.32 Å². The first-order chi connectivity index (χ1) is 9.18. The van der Waals surface area contributed by atoms with Crippen LogP contribution in [0.4, 0.5) is 0 Å². The van der Waals surface area contributed by atoms with E-state index in [1.165, 1.54) is 11.1 Å². The van der Waals surface area contributed by atoms with E-state index in [9.17, 15) is 5.11 Å². The van der Waals surface area contributed by atoms with Gasteiger partial charge in [-0.3, -0.25) is 0 Å². The molecule has 2 N–H and O–H groups in total. The highest BCUT2D eigenvalue weighted by atomic mass is 35.5. The summed E-state index contributed by atoms with van der Waals surface area (Å²) < 4.78 is 0. The van der Waals surface area contributed by atoms with Crippen LogP contribution in [0.2, 0.25) is 5.02 Å². The summed E-state index contributed by atoms with van der Waals surface area (Å²) in [6, 6.07) is 15.6. The van der Waals surface area contributed by atoms with E-state index < -0.39 is 0 Å². The Kier molecular flexibility index (Phi) is 3.21. The van der Waals surface area contributed by atoms with Gasteiger partial charge in [0.1, 0.15) is 5.75 Å². The van der Waals surface area contributed by atoms with Gasteiger partial charge in [-0.1, -0.05) is 35.9 Å². The van der Waals surface area contributed by atoms with Gasteiger partial charge in [0.2, 0.25) is 0 Å². The standard InChI is InChI=1S/C16H16ClNO/c17-14-5-3-13(4-6-14)16(10-18-11-16)9-12-1-7-15(19)8-2-12/h1-8,18-19H,9-11H2. The van der Waals surface area contributed by atoms with Gasteiger partial charge in [-0.15, -0.1) is 0 Å². The summed E-state index contributed by atoms with van der Waals surface area (Å²) in [6.45, 7) is 1.96. The average molecular weight is 274 g/mol. The van der Waals surface area contributed by atoms with Crippen molar-refractivity contribution in [3.8, 4) is 5.75 Å². The van der Waals surface area contributed by atoms with Crippen LogP contribution in [0.1, 0.15) is 11.1 Å². The van der Waals surface area contributed by atoms with Gasteiger partial charge >= 0.3 is 0 Å². The van der Waals surface area contributed by atoms with Crippen LogP contribution in [0.3, 0.4) is 0 Å². The van der Waals surface area contributed by atoms with Gasteiger partial charge in [0.05, 0.1) is 0 Å². The Hall–Kier alpha value is -1.51. The molecule has 0 amide bonds. The monoisotopic (exact) mass is 273 g/mol. The van der Waals surface area contributed by atoms with E-state index in [0.29, 0.717) is 5.75 Å². The van der Waals surface area contributed by atoms with E-state index in [2.05, 4.69) is 17.4 Å². The van der Waals surface area contributed by atoms with Gasteiger partial charge in [-0.2, -0.15) is 0 Å². The number of rotatable bonds is 3. The topological polar surface area (TPSA) is 32.3 Å². The van der Waals surface area contributed by atoms with Crippen LogP contribution in [-0.2, 0) is 11.8 Å². The largest absolute Gasteiger partial charge is 0.508 e. The van der Waals surface area contributed by atoms with E-state index in [1.807, 2.05) is 24.3 Å². The molecule has 1 saturated heterocycles. The molecule has 0 bridgehead atoms. The van der Waals surface area contributed by atoms with Crippen LogP contribution < -0.4 is 5.32 Å². The molecule has 0 radical (unpaired) electrons. The molecule has 0 atom stereocenters. The summed E-state index contributed by atoms with van der Waals surface area (Å²) in [6.07, 6.45) is 0.974. The smallest absolute Gasteiger partial charge is 0.115 e. The Morgan fingerprint density at radius 1 is 1.00 bits per heavy atom. The molecule has 1 aliphatic heterocycles. The van der Waals surface area contributed by atoms with E-state index >= 15 is 0 Å². The molecule has 1 fully saturated rings. The van der Waals surface area contributed by atoms with Crippen molar-refractivity contribution in [2.75, 3.05) is 13.1 Å². The van der Waals surface area contributed by atoms with Crippen molar-refractivity contribution >= 4 is 11.6 Å². The number of aromatic hydroxyl groups is 1. The first kappa shape index (κ1) is 12.5. The van der Waals surface area contributed by atoms with Crippen LogP contribution in [0, 0.1) is 0 Å². The SMILES string of the molecule is Oc1ccc(CC2(c3ccc(Cl)cc3)CNC2)cc1. The Bertz CT molecular complexity index is 558. The molecule has 3 rings (SSSR count). The van der Waals surface area contributed by atoms with Crippen molar-refractivity contribution in [2.24, 2.45) is 0 Å². The van der Waals surface area contributed by atoms with Gasteiger partial charge in [0.25, 0.3) is 0 Å². The molecular formula is C16H16ClNO. The van der Waals surface area contributed by atoms with Crippen molar-refractivity contribution in [1.29, 1.82) is 0 Å². The molecule has 3 heteroatoms. The van der Waals surface area contributed by atoms with Crippen LogP contribution in [0.5, 0.6) is 5.75 Å². The molecule has 19 heavy (non-hydrogen) atoms. The van der Waals surface area contributed by atoms with Crippen molar-refractivity contribution < 1.29 is 5.11 Å². The lowest BCUT2D eigenvalue weighted by molar-refractivity contribution is 0.274. The number of benzene rings is 2. The Balaban J connectivity index is 1.87. The number of hydrogen-bond donors (Lipinski definition) is 2. The van der Waals surface area contributed by atoms with E-state index in [4.69, 9.17) is 11.6 Å². The average Bonchev–Trinajstić information content (AvgIpc) is 2.37. The number of phenols is 1. The lowest BCUT2D eigenvalue weighted by Gasteiger charge is -2.43. The maximum Gasteiger partial charge on any atom is 0.115 e. The predicted molar refractivity (Wildman–Crippen MR) is 77.8 cm³/mol. The third-order valence-electron chi connectivity index (χ3n) is 3.86. The summed E-state index contributed by atoms with van der Waals surface area (Å²) >= 11 is 5.96. The van der Waals surface area contributed by atoms with E-state index in [-0.39, 0.29) is 5.41 Å². The quantitative estimate of drug-likeness (QED) is 0.901. The molecule has 0 unspecified atom stereocenters. The van der Waals surface area contributed by atoms with Crippen LogP contribution in [0.15, 0.2) is 48.5 Å². The molecule has 98 valence electrons. The zero-order valence-electron chi connectivity index (χ0n) is 10.6. The van der Waals surface area contributed by atoms with Gasteiger partial charge in [-0.05, 0) is 41.8 Å². The molecule has 1 aliphatic rings. The minimum atomic E-state index is 0.154. The number of hydrogen-bond acceptors (Lipinski definition) is 2. The van der Waals surface area contributed by atoms with Gasteiger partial charge in [0.15, 0.2) is 0 Å². The van der Waals surface area contributed by atoms with E-state index in [1.54, 1.807) is 12.1 Å². The Morgan fingerprint density at radius 3 is 2.16 bits per heavy atom. The van der Waals surface area contributed by atoms with Gasteiger partial charge < -0.3 is 10.4 Å². The Labute approximate surface area is 118 Å². The van der Waals surface area contributed by atoms with Crippen molar-refractivity contribution in [3.63, 3.8) is 0 Å². The molecule has 2 aromatic rings. The Morgan fingerprint density at radius 2 is 1.63 bits per heavy atom. The predicted octanol–water partition coefficient (Wildman–Crippen LogP) is 3.13. The normalized spacial score (nSPS) is 16.9. The molecule has 0 spiro atoms. The highest BCUT2D eigenvalue weighted by molar-refractivity contribution is 6.30. The number of nitrogens with one attached hydrogen (secondary N) is 1. The fourth-order valence-corrected chi connectivity index (χ4v) is 2.79. The van der Waals surface area contributed by atoms with Crippen LogP contribution in [-0.4, -0.2) is 18.2 Å². The zero-order chi connectivity index (χ0) is 13.3. The summed E-state index contributed by atoms with van der Waals surface area (Å²) in [4.78, 5) is 0. The van der Waals surface area contributed by atoms with Crippen LogP contribution >= 0.6 is 11.6 Å². The summed E-state index contributed by atoms with van der Waals surface area (Å²) in [5, 5.41) is 13.5. The van der Waals surface area contributed by atoms with Crippen molar-refractivity contribution in [3.05, 3.63) is 64.7 Å². The zero-order valence-corrected chi connectivity index (χ0v) is 11.3. The highest BCUT2D eigenvalue weighted by Crippen LogP contribution is 2.33. The second-order valence-electron chi connectivity index (χ2n) is 5.23. The molecule has 2 aromatic carbocycles. The lowest BCUT2D eigenvalue weighted by Crippen LogP contribution is -2.58. The third kappa shape index (κ3) is 2.46. The molecule has 0 aliphatic carbocycles. The second-order valence-corrected chi connectivity index (χ2v) is 5.67. The fraction of sp³-hybridized carbons (Fsp3) is 0.250. The first-order valence-electron chi connectivity index (χ1n) is 6.43. The van der Waals surface area contributed by atoms with Gasteiger partial charge in [-0.25, -0.2) is 0 Å². The number of phenolic OH excluding ortho intramolecular Hbond substituents is 1. The third-order valence-corrected chi connectivity index (χ3v) is 4.11. The van der Waals surface area contributed by atoms with Crippen molar-refractivity contribution in [2.45, 2.75) is 11.8 Å². The first-order valence-corrected chi connectivity index (χ1v) is 6.80. The van der Waals surface area contributed by atoms with E-state index in [0.717, 1.165) is 24.5 Å². The maximum atomic E-state index is 9.35. The number of halogens is 1. The molecular weight excluding hydrogens is 258 g/mol. The second kappa shape index (κ2) is 4.87. The summed E-state index contributed by atoms with van der Waals surface area (Å²) in [5.74, 6) is 0.316. The molecule has 1 heterocycles. The summed E-state index contributed by atoms with van der Waals surface area (Å²) in [7, 11) is 0. The minimum Gasteiger partial charge on any atom is -0.508 e. The lowest BCUT2D eigenvalue weighted by atomic mass is 9.71. The minimum absolute atomic E-state index is 0.154. The maximum absolute atomic E-state index is 9.35. The molecule has 0 saturated carbocycles. The molecule has 2 nitrogen and oxygen atoms in total. The summed E-state index contributed by atoms with van der Waals surface area (Å²) in [5.41, 5.74) is 2.72. The van der Waals surface area contributed by atoms with Crippen LogP contribution in [0.25, 0.3) is 0 Å². The fourth-order valence-electron chi connectivity index (χ4n) is 2.67.